The molecule has 0 saturated heterocycles. The summed E-state index contributed by atoms with van der Waals surface area (Å²) in [7, 11) is 0. The maximum atomic E-state index is 10.6. The lowest BCUT2D eigenvalue weighted by molar-refractivity contribution is 0.152. The normalized spacial score (nSPS) is 10.8. The highest BCUT2D eigenvalue weighted by atomic mass is 35.5. The first kappa shape index (κ1) is 13.6. The van der Waals surface area contributed by atoms with Crippen molar-refractivity contribution in [1.82, 2.24) is 14.5 Å². The SMILES string of the molecule is Cc1cnc2c(c1)nc(CCCl)n2CCOC(N)=O. The van der Waals surface area contributed by atoms with E-state index in [1.54, 1.807) is 6.20 Å². The third-order valence-corrected chi connectivity index (χ3v) is 2.87. The van der Waals surface area contributed by atoms with Crippen LogP contribution in [0.15, 0.2) is 12.3 Å². The van der Waals surface area contributed by atoms with E-state index in [2.05, 4.69) is 9.97 Å². The predicted octanol–water partition coefficient (Wildman–Crippen LogP) is 1.62. The van der Waals surface area contributed by atoms with Gasteiger partial charge in [0.1, 0.15) is 17.9 Å². The number of carbonyl (C=O) groups excluding carboxylic acids is 1. The molecule has 0 atom stereocenters. The number of amides is 1. The number of primary amides is 1. The van der Waals surface area contributed by atoms with E-state index < -0.39 is 6.09 Å². The van der Waals surface area contributed by atoms with Crippen molar-refractivity contribution in [2.45, 2.75) is 19.9 Å². The van der Waals surface area contributed by atoms with Crippen LogP contribution in [0.5, 0.6) is 0 Å². The van der Waals surface area contributed by atoms with Crippen LogP contribution < -0.4 is 5.73 Å². The van der Waals surface area contributed by atoms with Crippen LogP contribution in [0.3, 0.4) is 0 Å². The zero-order chi connectivity index (χ0) is 13.8. The Morgan fingerprint density at radius 3 is 3.05 bits per heavy atom. The molecule has 2 N–H and O–H groups in total. The molecule has 2 heterocycles. The summed E-state index contributed by atoms with van der Waals surface area (Å²) in [4.78, 5) is 19.5. The van der Waals surface area contributed by atoms with Crippen molar-refractivity contribution in [3.63, 3.8) is 0 Å². The molecule has 0 spiro atoms. The second kappa shape index (κ2) is 5.88. The molecule has 0 saturated carbocycles. The molecule has 0 fully saturated rings. The Labute approximate surface area is 115 Å². The van der Waals surface area contributed by atoms with Crippen LogP contribution in [0.1, 0.15) is 11.4 Å². The van der Waals surface area contributed by atoms with Crippen LogP contribution in [-0.2, 0) is 17.7 Å². The largest absolute Gasteiger partial charge is 0.448 e. The van der Waals surface area contributed by atoms with Gasteiger partial charge in [0, 0.05) is 18.5 Å². The van der Waals surface area contributed by atoms with Crippen LogP contribution >= 0.6 is 11.6 Å². The summed E-state index contributed by atoms with van der Waals surface area (Å²) in [5.41, 5.74) is 7.56. The number of halogens is 1. The summed E-state index contributed by atoms with van der Waals surface area (Å²) in [6.45, 7) is 2.61. The molecule has 19 heavy (non-hydrogen) atoms. The number of pyridine rings is 1. The van der Waals surface area contributed by atoms with Gasteiger partial charge in [0.25, 0.3) is 0 Å². The Hall–Kier alpha value is -1.82. The lowest BCUT2D eigenvalue weighted by atomic mass is 10.3. The molecule has 0 aliphatic carbocycles. The Morgan fingerprint density at radius 1 is 1.58 bits per heavy atom. The van der Waals surface area contributed by atoms with Crippen LogP contribution in [0.2, 0.25) is 0 Å². The molecule has 2 aromatic rings. The van der Waals surface area contributed by atoms with Gasteiger partial charge in [0.15, 0.2) is 5.65 Å². The molecule has 0 aliphatic rings. The van der Waals surface area contributed by atoms with Gasteiger partial charge < -0.3 is 15.0 Å². The van der Waals surface area contributed by atoms with E-state index in [0.29, 0.717) is 18.8 Å². The summed E-state index contributed by atoms with van der Waals surface area (Å²) in [5.74, 6) is 1.30. The fourth-order valence-electron chi connectivity index (χ4n) is 1.91. The van der Waals surface area contributed by atoms with Crippen LogP contribution in [-0.4, -0.2) is 33.1 Å². The number of rotatable bonds is 5. The number of fused-ring (bicyclic) bond motifs is 1. The van der Waals surface area contributed by atoms with Gasteiger partial charge in [-0.2, -0.15) is 0 Å². The Morgan fingerprint density at radius 2 is 2.37 bits per heavy atom. The molecule has 7 heteroatoms. The van der Waals surface area contributed by atoms with Gasteiger partial charge in [-0.15, -0.1) is 11.6 Å². The first-order valence-electron chi connectivity index (χ1n) is 5.91. The van der Waals surface area contributed by atoms with Gasteiger partial charge in [-0.25, -0.2) is 14.8 Å². The number of aryl methyl sites for hydroxylation is 2. The standard InChI is InChI=1S/C12H15ClN4O2/c1-8-6-9-11(15-7-8)17(4-5-19-12(14)18)10(16-9)2-3-13/h6-7H,2-5H2,1H3,(H2,14,18). The van der Waals surface area contributed by atoms with Crippen LogP contribution in [0.4, 0.5) is 4.79 Å². The summed E-state index contributed by atoms with van der Waals surface area (Å²) in [6.07, 6.45) is 1.63. The first-order valence-corrected chi connectivity index (χ1v) is 6.45. The number of hydrogen-bond donors (Lipinski definition) is 1. The van der Waals surface area contributed by atoms with Crippen molar-refractivity contribution in [1.29, 1.82) is 0 Å². The van der Waals surface area contributed by atoms with Crippen molar-refractivity contribution in [2.24, 2.45) is 5.73 Å². The molecule has 0 aromatic carbocycles. The molecular weight excluding hydrogens is 268 g/mol. The van der Waals surface area contributed by atoms with E-state index in [1.165, 1.54) is 0 Å². The number of ether oxygens (including phenoxy) is 1. The number of nitrogens with zero attached hydrogens (tertiary/aromatic N) is 3. The van der Waals surface area contributed by atoms with Crippen molar-refractivity contribution in [3.05, 3.63) is 23.7 Å². The van der Waals surface area contributed by atoms with E-state index in [0.717, 1.165) is 22.6 Å². The topological polar surface area (TPSA) is 83.0 Å². The minimum atomic E-state index is -0.785. The molecule has 0 unspecified atom stereocenters. The molecule has 0 radical (unpaired) electrons. The zero-order valence-corrected chi connectivity index (χ0v) is 11.4. The van der Waals surface area contributed by atoms with Crippen molar-refractivity contribution < 1.29 is 9.53 Å². The molecule has 2 aromatic heterocycles. The van der Waals surface area contributed by atoms with Gasteiger partial charge in [-0.05, 0) is 18.6 Å². The average molecular weight is 283 g/mol. The van der Waals surface area contributed by atoms with Gasteiger partial charge >= 0.3 is 6.09 Å². The molecule has 2 rings (SSSR count). The van der Waals surface area contributed by atoms with Crippen molar-refractivity contribution in [2.75, 3.05) is 12.5 Å². The maximum absolute atomic E-state index is 10.6. The number of aromatic nitrogens is 3. The predicted molar refractivity (Wildman–Crippen MR) is 72.2 cm³/mol. The summed E-state index contributed by atoms with van der Waals surface area (Å²) >= 11 is 5.77. The molecule has 1 amide bonds. The van der Waals surface area contributed by atoms with E-state index in [9.17, 15) is 4.79 Å². The monoisotopic (exact) mass is 282 g/mol. The molecule has 0 aliphatic heterocycles. The average Bonchev–Trinajstić information content (AvgIpc) is 2.66. The van der Waals surface area contributed by atoms with Crippen molar-refractivity contribution >= 4 is 28.9 Å². The second-order valence-corrected chi connectivity index (χ2v) is 4.52. The number of hydrogen-bond acceptors (Lipinski definition) is 4. The lowest BCUT2D eigenvalue weighted by Gasteiger charge is -2.07. The number of imidazole rings is 1. The Kier molecular flexibility index (Phi) is 4.21. The highest BCUT2D eigenvalue weighted by Gasteiger charge is 2.11. The van der Waals surface area contributed by atoms with E-state index in [-0.39, 0.29) is 6.61 Å². The zero-order valence-electron chi connectivity index (χ0n) is 10.6. The van der Waals surface area contributed by atoms with E-state index in [1.807, 2.05) is 17.6 Å². The lowest BCUT2D eigenvalue weighted by Crippen LogP contribution is -2.18. The third kappa shape index (κ3) is 3.14. The summed E-state index contributed by atoms with van der Waals surface area (Å²) in [6, 6.07) is 1.96. The third-order valence-electron chi connectivity index (χ3n) is 2.68. The molecular formula is C12H15ClN4O2. The number of nitrogens with two attached hydrogens (primary N) is 1. The van der Waals surface area contributed by atoms with Gasteiger partial charge in [0.05, 0.1) is 6.54 Å². The number of alkyl halides is 1. The second-order valence-electron chi connectivity index (χ2n) is 4.14. The number of carbonyl (C=O) groups is 1. The Balaban J connectivity index is 2.31. The first-order chi connectivity index (χ1) is 9.11. The van der Waals surface area contributed by atoms with Gasteiger partial charge in [-0.1, -0.05) is 0 Å². The molecule has 6 nitrogen and oxygen atoms in total. The van der Waals surface area contributed by atoms with Crippen molar-refractivity contribution in [3.8, 4) is 0 Å². The maximum Gasteiger partial charge on any atom is 0.404 e. The quantitative estimate of drug-likeness (QED) is 0.845. The van der Waals surface area contributed by atoms with E-state index in [4.69, 9.17) is 22.1 Å². The minimum Gasteiger partial charge on any atom is -0.448 e. The highest BCUT2D eigenvalue weighted by molar-refractivity contribution is 6.17. The highest BCUT2D eigenvalue weighted by Crippen LogP contribution is 2.16. The van der Waals surface area contributed by atoms with Crippen LogP contribution in [0.25, 0.3) is 11.2 Å². The molecule has 0 bridgehead atoms. The Bertz CT molecular complexity index is 597. The summed E-state index contributed by atoms with van der Waals surface area (Å²) in [5, 5.41) is 0. The minimum absolute atomic E-state index is 0.186. The van der Waals surface area contributed by atoms with Crippen LogP contribution in [0, 0.1) is 6.92 Å². The summed E-state index contributed by atoms with van der Waals surface area (Å²) < 4.78 is 6.65. The fraction of sp³-hybridized carbons (Fsp3) is 0.417. The van der Waals surface area contributed by atoms with Gasteiger partial charge in [-0.3, -0.25) is 0 Å². The smallest absolute Gasteiger partial charge is 0.404 e. The fourth-order valence-corrected chi connectivity index (χ4v) is 2.08. The van der Waals surface area contributed by atoms with E-state index >= 15 is 0 Å². The van der Waals surface area contributed by atoms with Gasteiger partial charge in [0.2, 0.25) is 0 Å². The molecule has 102 valence electrons.